The average Bonchev–Trinajstić information content (AvgIpc) is 2.65. The molecule has 0 aliphatic rings. The van der Waals surface area contributed by atoms with Crippen molar-refractivity contribution in [2.45, 2.75) is 26.2 Å². The minimum Gasteiger partial charge on any atom is -0.370 e. The molecule has 1 aromatic heterocycles. The van der Waals surface area contributed by atoms with Crippen LogP contribution in [0.25, 0.3) is 11.4 Å². The molecule has 6 heteroatoms. The Hall–Kier alpha value is -2.47. The van der Waals surface area contributed by atoms with Crippen LogP contribution in [0.2, 0.25) is 0 Å². The highest BCUT2D eigenvalue weighted by molar-refractivity contribution is 5.93. The highest BCUT2D eigenvalue weighted by Gasteiger charge is 2.12. The second-order valence-corrected chi connectivity index (χ2v) is 6.52. The van der Waals surface area contributed by atoms with Gasteiger partial charge in [-0.1, -0.05) is 43.7 Å². The molecule has 0 radical (unpaired) electrons. The van der Waals surface area contributed by atoms with Gasteiger partial charge >= 0.3 is 0 Å². The molecule has 1 aromatic carbocycles. The van der Waals surface area contributed by atoms with Crippen molar-refractivity contribution >= 4 is 11.7 Å². The Labute approximate surface area is 156 Å². The maximum atomic E-state index is 12.5. The molecule has 0 spiro atoms. The highest BCUT2D eigenvalue weighted by Crippen LogP contribution is 2.18. The van der Waals surface area contributed by atoms with Gasteiger partial charge in [-0.2, -0.15) is 0 Å². The fraction of sp³-hybridized carbons (Fsp3) is 0.450. The number of benzene rings is 1. The maximum Gasteiger partial charge on any atom is 0.270 e. The van der Waals surface area contributed by atoms with Crippen LogP contribution in [0.3, 0.4) is 0 Å². The SMILES string of the molecule is CCCCNc1cc(C(=O)NCCCN(C)C)nc(-c2ccccc2)n1. The molecule has 26 heavy (non-hydrogen) atoms. The molecule has 1 heterocycles. The summed E-state index contributed by atoms with van der Waals surface area (Å²) in [5.41, 5.74) is 1.29. The molecule has 140 valence electrons. The molecule has 0 unspecified atom stereocenters. The minimum atomic E-state index is -0.165. The van der Waals surface area contributed by atoms with Crippen molar-refractivity contribution < 1.29 is 4.79 Å². The van der Waals surface area contributed by atoms with Gasteiger partial charge in [0.05, 0.1) is 0 Å². The van der Waals surface area contributed by atoms with Crippen LogP contribution in [0.15, 0.2) is 36.4 Å². The summed E-state index contributed by atoms with van der Waals surface area (Å²) in [6, 6.07) is 11.5. The molecule has 1 amide bonds. The monoisotopic (exact) mass is 355 g/mol. The second-order valence-electron chi connectivity index (χ2n) is 6.52. The van der Waals surface area contributed by atoms with Crippen LogP contribution in [0.4, 0.5) is 5.82 Å². The smallest absolute Gasteiger partial charge is 0.270 e. The Morgan fingerprint density at radius 3 is 2.54 bits per heavy atom. The van der Waals surface area contributed by atoms with Crippen LogP contribution in [0.1, 0.15) is 36.7 Å². The Morgan fingerprint density at radius 2 is 1.85 bits per heavy atom. The first kappa shape index (κ1) is 19.8. The summed E-state index contributed by atoms with van der Waals surface area (Å²) in [6.07, 6.45) is 3.05. The minimum absolute atomic E-state index is 0.165. The predicted molar refractivity (Wildman–Crippen MR) is 106 cm³/mol. The number of rotatable bonds is 10. The van der Waals surface area contributed by atoms with E-state index in [2.05, 4.69) is 32.4 Å². The quantitative estimate of drug-likeness (QED) is 0.641. The van der Waals surface area contributed by atoms with Gasteiger partial charge in [0.25, 0.3) is 5.91 Å². The number of anilines is 1. The zero-order valence-electron chi connectivity index (χ0n) is 16.0. The molecule has 0 bridgehead atoms. The molecule has 2 aromatic rings. The van der Waals surface area contributed by atoms with Crippen molar-refractivity contribution in [1.82, 2.24) is 20.2 Å². The summed E-state index contributed by atoms with van der Waals surface area (Å²) in [5.74, 6) is 1.08. The molecular formula is C20H29N5O. The van der Waals surface area contributed by atoms with E-state index in [9.17, 15) is 4.79 Å². The van der Waals surface area contributed by atoms with Crippen molar-refractivity contribution in [3.8, 4) is 11.4 Å². The Morgan fingerprint density at radius 1 is 1.08 bits per heavy atom. The number of nitrogens with zero attached hydrogens (tertiary/aromatic N) is 3. The summed E-state index contributed by atoms with van der Waals surface area (Å²) in [6.45, 7) is 4.53. The molecule has 0 atom stereocenters. The summed E-state index contributed by atoms with van der Waals surface area (Å²) in [4.78, 5) is 23.7. The summed E-state index contributed by atoms with van der Waals surface area (Å²) < 4.78 is 0. The maximum absolute atomic E-state index is 12.5. The fourth-order valence-electron chi connectivity index (χ4n) is 2.45. The van der Waals surface area contributed by atoms with E-state index in [-0.39, 0.29) is 5.91 Å². The third kappa shape index (κ3) is 6.44. The lowest BCUT2D eigenvalue weighted by Gasteiger charge is -2.12. The molecule has 0 aliphatic heterocycles. The van der Waals surface area contributed by atoms with E-state index in [1.54, 1.807) is 6.07 Å². The number of aromatic nitrogens is 2. The molecule has 0 saturated carbocycles. The average molecular weight is 355 g/mol. The fourth-order valence-corrected chi connectivity index (χ4v) is 2.45. The number of amides is 1. The van der Waals surface area contributed by atoms with Gasteiger partial charge in [0, 0.05) is 24.7 Å². The number of hydrogen-bond acceptors (Lipinski definition) is 5. The zero-order valence-corrected chi connectivity index (χ0v) is 16.0. The van der Waals surface area contributed by atoms with E-state index in [0.29, 0.717) is 23.9 Å². The Kier molecular flexibility index (Phi) is 8.02. The number of carbonyl (C=O) groups is 1. The zero-order chi connectivity index (χ0) is 18.8. The van der Waals surface area contributed by atoms with Gasteiger partial charge < -0.3 is 15.5 Å². The normalized spacial score (nSPS) is 10.8. The third-order valence-electron chi connectivity index (χ3n) is 3.89. The van der Waals surface area contributed by atoms with Gasteiger partial charge in [0.1, 0.15) is 11.5 Å². The lowest BCUT2D eigenvalue weighted by Crippen LogP contribution is -2.28. The summed E-state index contributed by atoms with van der Waals surface area (Å²) >= 11 is 0. The van der Waals surface area contributed by atoms with Gasteiger partial charge in [-0.05, 0) is 33.5 Å². The Bertz CT molecular complexity index is 688. The lowest BCUT2D eigenvalue weighted by molar-refractivity contribution is 0.0947. The van der Waals surface area contributed by atoms with E-state index < -0.39 is 0 Å². The van der Waals surface area contributed by atoms with Crippen molar-refractivity contribution in [2.75, 3.05) is 39.0 Å². The molecule has 2 rings (SSSR count). The first-order valence-electron chi connectivity index (χ1n) is 9.21. The molecule has 6 nitrogen and oxygen atoms in total. The van der Waals surface area contributed by atoms with Gasteiger partial charge in [-0.3, -0.25) is 4.79 Å². The van der Waals surface area contributed by atoms with Crippen molar-refractivity contribution in [2.24, 2.45) is 0 Å². The molecule has 0 fully saturated rings. The number of carbonyl (C=O) groups excluding carboxylic acids is 1. The molecule has 0 aliphatic carbocycles. The summed E-state index contributed by atoms with van der Waals surface area (Å²) in [7, 11) is 4.04. The van der Waals surface area contributed by atoms with Crippen molar-refractivity contribution in [1.29, 1.82) is 0 Å². The molecule has 0 saturated heterocycles. The van der Waals surface area contributed by atoms with Crippen LogP contribution in [0.5, 0.6) is 0 Å². The van der Waals surface area contributed by atoms with Crippen LogP contribution in [-0.2, 0) is 0 Å². The number of hydrogen-bond donors (Lipinski definition) is 2. The number of nitrogens with one attached hydrogen (secondary N) is 2. The van der Waals surface area contributed by atoms with E-state index in [1.165, 1.54) is 0 Å². The summed E-state index contributed by atoms with van der Waals surface area (Å²) in [5, 5.41) is 6.24. The van der Waals surface area contributed by atoms with Crippen LogP contribution >= 0.6 is 0 Å². The van der Waals surface area contributed by atoms with Crippen molar-refractivity contribution in [3.63, 3.8) is 0 Å². The third-order valence-corrected chi connectivity index (χ3v) is 3.89. The van der Waals surface area contributed by atoms with Gasteiger partial charge in [0.15, 0.2) is 5.82 Å². The van der Waals surface area contributed by atoms with E-state index in [0.717, 1.165) is 37.9 Å². The predicted octanol–water partition coefficient (Wildman–Crippen LogP) is 3.04. The largest absolute Gasteiger partial charge is 0.370 e. The second kappa shape index (κ2) is 10.5. The van der Waals surface area contributed by atoms with Crippen molar-refractivity contribution in [3.05, 3.63) is 42.1 Å². The van der Waals surface area contributed by atoms with Gasteiger partial charge in [-0.25, -0.2) is 9.97 Å². The first-order chi connectivity index (χ1) is 12.6. The number of unbranched alkanes of at least 4 members (excludes halogenated alkanes) is 1. The van der Waals surface area contributed by atoms with Crippen LogP contribution < -0.4 is 10.6 Å². The highest BCUT2D eigenvalue weighted by atomic mass is 16.1. The van der Waals surface area contributed by atoms with E-state index in [4.69, 9.17) is 0 Å². The first-order valence-corrected chi connectivity index (χ1v) is 9.21. The van der Waals surface area contributed by atoms with Crippen LogP contribution in [0, 0.1) is 0 Å². The van der Waals surface area contributed by atoms with E-state index >= 15 is 0 Å². The topological polar surface area (TPSA) is 70.2 Å². The van der Waals surface area contributed by atoms with Gasteiger partial charge in [-0.15, -0.1) is 0 Å². The standard InChI is InChI=1S/C20H29N5O/c1-4-5-12-21-18-15-17(20(26)22-13-9-14-25(2)3)23-19(24-18)16-10-7-6-8-11-16/h6-8,10-11,15H,4-5,9,12-14H2,1-3H3,(H,22,26)(H,21,23,24). The van der Waals surface area contributed by atoms with Crippen LogP contribution in [-0.4, -0.2) is 54.5 Å². The lowest BCUT2D eigenvalue weighted by atomic mass is 10.2. The molecular weight excluding hydrogens is 326 g/mol. The van der Waals surface area contributed by atoms with Gasteiger partial charge in [0.2, 0.25) is 0 Å². The molecule has 2 N–H and O–H groups in total. The van der Waals surface area contributed by atoms with E-state index in [1.807, 2.05) is 44.4 Å². The Balaban J connectivity index is 2.15.